The molecular formula is C26H33ClN2O4. The Morgan fingerprint density at radius 3 is 2.39 bits per heavy atom. The van der Waals surface area contributed by atoms with Crippen molar-refractivity contribution in [3.8, 4) is 0 Å². The number of amides is 1. The summed E-state index contributed by atoms with van der Waals surface area (Å²) in [6, 6.07) is 6.24. The summed E-state index contributed by atoms with van der Waals surface area (Å²) in [6.07, 6.45) is 5.58. The zero-order valence-electron chi connectivity index (χ0n) is 20.1. The number of aromatic nitrogens is 1. The third-order valence-corrected chi connectivity index (χ3v) is 7.28. The number of hydrogen-bond acceptors (Lipinski definition) is 4. The average molecular weight is 473 g/mol. The maximum Gasteiger partial charge on any atom is 0.354 e. The van der Waals surface area contributed by atoms with Gasteiger partial charge in [0.2, 0.25) is 0 Å². The van der Waals surface area contributed by atoms with Crippen LogP contribution in [0.15, 0.2) is 24.3 Å². The van der Waals surface area contributed by atoms with E-state index in [0.717, 1.165) is 25.7 Å². The number of nitrogens with zero attached hydrogens (tertiary/aromatic N) is 2. The van der Waals surface area contributed by atoms with Crippen LogP contribution in [-0.4, -0.2) is 46.8 Å². The van der Waals surface area contributed by atoms with Crippen LogP contribution in [0.4, 0.5) is 0 Å². The van der Waals surface area contributed by atoms with Crippen LogP contribution in [0.5, 0.6) is 0 Å². The lowest BCUT2D eigenvalue weighted by atomic mass is 9.88. The first-order valence-electron chi connectivity index (χ1n) is 11.5. The maximum absolute atomic E-state index is 13.8. The molecule has 178 valence electrons. The van der Waals surface area contributed by atoms with Crippen molar-refractivity contribution in [3.05, 3.63) is 57.4 Å². The topological polar surface area (TPSA) is 68.6 Å². The summed E-state index contributed by atoms with van der Waals surface area (Å²) >= 11 is 6.35. The van der Waals surface area contributed by atoms with Crippen LogP contribution in [0.3, 0.4) is 0 Å². The SMILES string of the molecule is COC(=O)c1c(C)c(C(=O)[C@H](C)N(CC2CCCCC2)C(=O)c2ccccc2Cl)c(C)n1C. The highest BCUT2D eigenvalue weighted by Gasteiger charge is 2.34. The van der Waals surface area contributed by atoms with Gasteiger partial charge in [-0.1, -0.05) is 43.0 Å². The Morgan fingerprint density at radius 1 is 1.15 bits per heavy atom. The summed E-state index contributed by atoms with van der Waals surface area (Å²) in [5, 5.41) is 0.371. The van der Waals surface area contributed by atoms with Crippen LogP contribution in [0.2, 0.25) is 5.02 Å². The predicted molar refractivity (Wildman–Crippen MR) is 129 cm³/mol. The maximum atomic E-state index is 13.8. The van der Waals surface area contributed by atoms with Gasteiger partial charge < -0.3 is 14.2 Å². The molecule has 0 aliphatic heterocycles. The van der Waals surface area contributed by atoms with Gasteiger partial charge in [0.15, 0.2) is 5.78 Å². The second-order valence-corrected chi connectivity index (χ2v) is 9.37. The lowest BCUT2D eigenvalue weighted by Gasteiger charge is -2.34. The average Bonchev–Trinajstić information content (AvgIpc) is 3.04. The first-order chi connectivity index (χ1) is 15.7. The minimum atomic E-state index is -0.707. The number of ether oxygens (including phenoxy) is 1. The van der Waals surface area contributed by atoms with Gasteiger partial charge in [-0.3, -0.25) is 9.59 Å². The van der Waals surface area contributed by atoms with Crippen molar-refractivity contribution in [2.24, 2.45) is 13.0 Å². The molecule has 1 amide bonds. The molecule has 1 fully saturated rings. The Morgan fingerprint density at radius 2 is 1.79 bits per heavy atom. The smallest absolute Gasteiger partial charge is 0.354 e. The first-order valence-corrected chi connectivity index (χ1v) is 11.9. The van der Waals surface area contributed by atoms with Crippen LogP contribution in [0.25, 0.3) is 0 Å². The zero-order chi connectivity index (χ0) is 24.3. The van der Waals surface area contributed by atoms with Gasteiger partial charge in [-0.05, 0) is 57.2 Å². The summed E-state index contributed by atoms with van der Waals surface area (Å²) in [7, 11) is 3.06. The number of carbonyl (C=O) groups is 3. The molecule has 33 heavy (non-hydrogen) atoms. The Bertz CT molecular complexity index is 1050. The van der Waals surface area contributed by atoms with E-state index in [4.69, 9.17) is 16.3 Å². The monoisotopic (exact) mass is 472 g/mol. The minimum Gasteiger partial charge on any atom is -0.464 e. The summed E-state index contributed by atoms with van der Waals surface area (Å²) < 4.78 is 6.60. The van der Waals surface area contributed by atoms with E-state index >= 15 is 0 Å². The molecule has 1 aliphatic rings. The van der Waals surface area contributed by atoms with Gasteiger partial charge in [-0.25, -0.2) is 4.79 Å². The molecule has 1 aromatic heterocycles. The van der Waals surface area contributed by atoms with Crippen molar-refractivity contribution in [1.29, 1.82) is 0 Å². The fourth-order valence-electron chi connectivity index (χ4n) is 4.93. The Labute approximate surface area is 200 Å². The molecule has 1 heterocycles. The van der Waals surface area contributed by atoms with Gasteiger partial charge in [-0.2, -0.15) is 0 Å². The van der Waals surface area contributed by atoms with E-state index in [0.29, 0.717) is 45.6 Å². The first kappa shape index (κ1) is 25.0. The van der Waals surface area contributed by atoms with Crippen molar-refractivity contribution in [3.63, 3.8) is 0 Å². The molecule has 0 spiro atoms. The van der Waals surface area contributed by atoms with Crippen molar-refractivity contribution < 1.29 is 19.1 Å². The fraction of sp³-hybridized carbons (Fsp3) is 0.500. The quantitative estimate of drug-likeness (QED) is 0.401. The van der Waals surface area contributed by atoms with E-state index in [1.165, 1.54) is 13.5 Å². The number of hydrogen-bond donors (Lipinski definition) is 0. The number of rotatable bonds is 7. The Hall–Kier alpha value is -2.60. The Balaban J connectivity index is 2.00. The van der Waals surface area contributed by atoms with Crippen LogP contribution < -0.4 is 0 Å². The normalized spacial score (nSPS) is 15.2. The van der Waals surface area contributed by atoms with Crippen LogP contribution in [0, 0.1) is 19.8 Å². The molecule has 0 saturated heterocycles. The van der Waals surface area contributed by atoms with Gasteiger partial charge >= 0.3 is 5.97 Å². The minimum absolute atomic E-state index is 0.188. The molecule has 2 aromatic rings. The molecule has 1 atom stereocenters. The number of benzene rings is 1. The van der Waals surface area contributed by atoms with Gasteiger partial charge in [-0.15, -0.1) is 0 Å². The molecule has 3 rings (SSSR count). The van der Waals surface area contributed by atoms with Crippen molar-refractivity contribution >= 4 is 29.3 Å². The van der Waals surface area contributed by atoms with Crippen molar-refractivity contribution in [2.75, 3.05) is 13.7 Å². The third kappa shape index (κ3) is 5.01. The summed E-state index contributed by atoms with van der Waals surface area (Å²) in [5.74, 6) is -0.571. The Kier molecular flexibility index (Phi) is 8.01. The molecule has 0 unspecified atom stereocenters. The number of esters is 1. The third-order valence-electron chi connectivity index (χ3n) is 6.95. The molecule has 1 saturated carbocycles. The molecular weight excluding hydrogens is 440 g/mol. The van der Waals surface area contributed by atoms with Crippen LogP contribution in [-0.2, 0) is 11.8 Å². The summed E-state index contributed by atoms with van der Waals surface area (Å²) in [4.78, 5) is 41.4. The molecule has 7 heteroatoms. The van der Waals surface area contributed by atoms with Gasteiger partial charge in [0, 0.05) is 24.8 Å². The van der Waals surface area contributed by atoms with Gasteiger partial charge in [0.05, 0.1) is 23.7 Å². The standard InChI is InChI=1S/C26H33ClN2O4/c1-16-22(17(2)28(4)23(16)26(32)33-5)24(30)18(3)29(15-19-11-7-6-8-12-19)25(31)20-13-9-10-14-21(20)27/h9-10,13-14,18-19H,6-8,11-12,15H2,1-5H3/t18-/m0/s1. The lowest BCUT2D eigenvalue weighted by Crippen LogP contribution is -2.46. The van der Waals surface area contributed by atoms with E-state index in [9.17, 15) is 14.4 Å². The van der Waals surface area contributed by atoms with E-state index in [-0.39, 0.29) is 11.7 Å². The van der Waals surface area contributed by atoms with Gasteiger partial charge in [0.25, 0.3) is 5.91 Å². The van der Waals surface area contributed by atoms with Crippen LogP contribution >= 0.6 is 11.6 Å². The predicted octanol–water partition coefficient (Wildman–Crippen LogP) is 5.38. The van der Waals surface area contributed by atoms with Crippen molar-refractivity contribution in [1.82, 2.24) is 9.47 Å². The zero-order valence-corrected chi connectivity index (χ0v) is 20.9. The second-order valence-electron chi connectivity index (χ2n) is 8.97. The number of halogens is 1. The summed E-state index contributed by atoms with van der Waals surface area (Å²) in [6.45, 7) is 5.83. The van der Waals surface area contributed by atoms with E-state index in [1.807, 2.05) is 0 Å². The fourth-order valence-corrected chi connectivity index (χ4v) is 5.15. The number of Topliss-reactive ketones (excluding diaryl/α,β-unsaturated/α-hetero) is 1. The molecule has 1 aromatic carbocycles. The number of ketones is 1. The highest BCUT2D eigenvalue weighted by molar-refractivity contribution is 6.33. The van der Waals surface area contributed by atoms with E-state index in [2.05, 4.69) is 0 Å². The largest absolute Gasteiger partial charge is 0.464 e. The second kappa shape index (κ2) is 10.6. The highest BCUT2D eigenvalue weighted by atomic mass is 35.5. The number of methoxy groups -OCH3 is 1. The molecule has 1 aliphatic carbocycles. The van der Waals surface area contributed by atoms with Gasteiger partial charge in [0.1, 0.15) is 5.69 Å². The molecule has 0 bridgehead atoms. The van der Waals surface area contributed by atoms with Crippen molar-refractivity contribution in [2.45, 2.75) is 58.9 Å². The molecule has 0 N–H and O–H groups in total. The van der Waals surface area contributed by atoms with E-state index in [1.54, 1.807) is 61.6 Å². The highest BCUT2D eigenvalue weighted by Crippen LogP contribution is 2.29. The summed E-state index contributed by atoms with van der Waals surface area (Å²) in [5.41, 5.74) is 2.45. The van der Waals surface area contributed by atoms with Crippen LogP contribution in [0.1, 0.15) is 81.5 Å². The van der Waals surface area contributed by atoms with E-state index < -0.39 is 12.0 Å². The molecule has 0 radical (unpaired) electrons. The molecule has 6 nitrogen and oxygen atoms in total. The lowest BCUT2D eigenvalue weighted by molar-refractivity contribution is 0.0577. The number of carbonyl (C=O) groups excluding carboxylic acids is 3.